The summed E-state index contributed by atoms with van der Waals surface area (Å²) in [7, 11) is 0. The summed E-state index contributed by atoms with van der Waals surface area (Å²) < 4.78 is 12.7. The van der Waals surface area contributed by atoms with E-state index in [-0.39, 0.29) is 11.8 Å². The molecule has 164 valence electrons. The van der Waals surface area contributed by atoms with Gasteiger partial charge in [-0.2, -0.15) is 5.10 Å². The lowest BCUT2D eigenvalue weighted by atomic mass is 9.90. The van der Waals surface area contributed by atoms with Crippen molar-refractivity contribution in [2.75, 3.05) is 26.2 Å². The van der Waals surface area contributed by atoms with Gasteiger partial charge in [0, 0.05) is 43.5 Å². The molecule has 3 heterocycles. The lowest BCUT2D eigenvalue weighted by Gasteiger charge is -2.51. The average Bonchev–Trinajstić information content (AvgIpc) is 3.24. The van der Waals surface area contributed by atoms with Gasteiger partial charge in [0.25, 0.3) is 0 Å². The second-order valence-corrected chi connectivity index (χ2v) is 8.72. The molecule has 6 heteroatoms. The van der Waals surface area contributed by atoms with Gasteiger partial charge in [-0.15, -0.1) is 0 Å². The average molecular weight is 422 g/mol. The molecule has 3 aliphatic heterocycles. The third kappa shape index (κ3) is 3.33. The molecule has 0 aromatic heterocycles. The number of hydrogen-bond acceptors (Lipinski definition) is 6. The molecule has 0 amide bonds. The van der Waals surface area contributed by atoms with E-state index in [1.807, 2.05) is 38.1 Å². The molecule has 0 radical (unpaired) electrons. The Morgan fingerprint density at radius 3 is 2.74 bits per heavy atom. The first-order valence-electron chi connectivity index (χ1n) is 11.4. The first-order chi connectivity index (χ1) is 15.0. The van der Waals surface area contributed by atoms with Crippen molar-refractivity contribution >= 4 is 5.71 Å². The Labute approximate surface area is 184 Å². The van der Waals surface area contributed by atoms with E-state index in [4.69, 9.17) is 14.6 Å². The van der Waals surface area contributed by atoms with Gasteiger partial charge < -0.3 is 19.5 Å². The van der Waals surface area contributed by atoms with Crippen LogP contribution >= 0.6 is 0 Å². The molecule has 0 bridgehead atoms. The molecule has 1 saturated heterocycles. The minimum absolute atomic E-state index is 0.0762. The molecular formula is C25H31N3O3. The van der Waals surface area contributed by atoms with Crippen molar-refractivity contribution in [2.24, 2.45) is 5.10 Å². The van der Waals surface area contributed by atoms with Crippen LogP contribution in [0.15, 0.2) is 41.5 Å². The minimum atomic E-state index is -0.488. The summed E-state index contributed by atoms with van der Waals surface area (Å²) >= 11 is 0. The number of piperidine rings is 1. The van der Waals surface area contributed by atoms with Crippen LogP contribution in [0.2, 0.25) is 0 Å². The lowest BCUT2D eigenvalue weighted by Crippen LogP contribution is -2.59. The maximum Gasteiger partial charge on any atom is 0.200 e. The zero-order valence-corrected chi connectivity index (χ0v) is 18.6. The smallest absolute Gasteiger partial charge is 0.200 e. The van der Waals surface area contributed by atoms with Gasteiger partial charge in [0.15, 0.2) is 11.5 Å². The summed E-state index contributed by atoms with van der Waals surface area (Å²) in [5.74, 6) is 1.95. The Balaban J connectivity index is 1.60. The van der Waals surface area contributed by atoms with E-state index in [1.165, 1.54) is 0 Å². The van der Waals surface area contributed by atoms with Crippen LogP contribution in [-0.4, -0.2) is 52.7 Å². The molecule has 2 aromatic carbocycles. The first kappa shape index (κ1) is 20.2. The van der Waals surface area contributed by atoms with E-state index in [9.17, 15) is 5.11 Å². The number of benzene rings is 2. The van der Waals surface area contributed by atoms with E-state index in [0.717, 1.165) is 72.8 Å². The summed E-state index contributed by atoms with van der Waals surface area (Å²) in [6.45, 7) is 9.86. The molecule has 2 aromatic rings. The van der Waals surface area contributed by atoms with Gasteiger partial charge >= 0.3 is 0 Å². The highest BCUT2D eigenvalue weighted by Gasteiger charge is 2.52. The standard InChI is InChI=1S/C25H31N3O3/c1-4-27-13-11-25(12-14-27)28-21(18-7-6-8-23(30-5-2)24(18)31-25)16-20(26-28)19-15-17(3)9-10-22(19)29/h6-10,15,21,29H,4-5,11-14,16H2,1-3H3. The predicted octanol–water partition coefficient (Wildman–Crippen LogP) is 4.45. The number of aromatic hydroxyl groups is 1. The fraction of sp³-hybridized carbons (Fsp3) is 0.480. The minimum Gasteiger partial charge on any atom is -0.507 e. The van der Waals surface area contributed by atoms with E-state index in [0.29, 0.717) is 6.61 Å². The van der Waals surface area contributed by atoms with Crippen LogP contribution in [0, 0.1) is 6.92 Å². The molecule has 1 unspecified atom stereocenters. The topological polar surface area (TPSA) is 57.5 Å². The quantitative estimate of drug-likeness (QED) is 0.790. The summed E-state index contributed by atoms with van der Waals surface area (Å²) in [5, 5.41) is 17.8. The summed E-state index contributed by atoms with van der Waals surface area (Å²) in [6, 6.07) is 11.9. The molecular weight excluding hydrogens is 390 g/mol. The second-order valence-electron chi connectivity index (χ2n) is 8.72. The number of phenolic OH excluding ortho intramolecular Hbond substituents is 1. The maximum absolute atomic E-state index is 10.5. The fourth-order valence-corrected chi connectivity index (χ4v) is 5.13. The van der Waals surface area contributed by atoms with E-state index in [1.54, 1.807) is 6.07 Å². The van der Waals surface area contributed by atoms with Crippen molar-refractivity contribution < 1.29 is 14.6 Å². The Bertz CT molecular complexity index is 1010. The van der Waals surface area contributed by atoms with E-state index in [2.05, 4.69) is 22.9 Å². The highest BCUT2D eigenvalue weighted by molar-refractivity contribution is 6.04. The predicted molar refractivity (Wildman–Crippen MR) is 121 cm³/mol. The highest BCUT2D eigenvalue weighted by Crippen LogP contribution is 2.53. The van der Waals surface area contributed by atoms with Crippen LogP contribution in [0.5, 0.6) is 17.2 Å². The Hall–Kier alpha value is -2.73. The first-order valence-corrected chi connectivity index (χ1v) is 11.4. The Kier molecular flexibility index (Phi) is 5.05. The Morgan fingerprint density at radius 1 is 1.19 bits per heavy atom. The van der Waals surface area contributed by atoms with Gasteiger partial charge in [-0.1, -0.05) is 30.7 Å². The zero-order chi connectivity index (χ0) is 21.6. The number of ether oxygens (including phenoxy) is 2. The number of nitrogens with zero attached hydrogens (tertiary/aromatic N) is 3. The summed E-state index contributed by atoms with van der Waals surface area (Å²) in [5.41, 5.74) is 3.47. The number of aryl methyl sites for hydroxylation is 1. The van der Waals surface area contributed by atoms with Crippen LogP contribution in [0.3, 0.4) is 0 Å². The third-order valence-corrected chi connectivity index (χ3v) is 6.84. The van der Waals surface area contributed by atoms with Crippen LogP contribution in [0.25, 0.3) is 0 Å². The van der Waals surface area contributed by atoms with E-state index >= 15 is 0 Å². The number of para-hydroxylation sites is 1. The number of rotatable bonds is 4. The third-order valence-electron chi connectivity index (χ3n) is 6.84. The van der Waals surface area contributed by atoms with Crippen LogP contribution in [0.4, 0.5) is 0 Å². The van der Waals surface area contributed by atoms with Crippen molar-refractivity contribution in [3.05, 3.63) is 53.1 Å². The van der Waals surface area contributed by atoms with Crippen molar-refractivity contribution in [2.45, 2.75) is 51.8 Å². The maximum atomic E-state index is 10.5. The summed E-state index contributed by atoms with van der Waals surface area (Å²) in [4.78, 5) is 2.46. The molecule has 1 spiro atoms. The van der Waals surface area contributed by atoms with Crippen LogP contribution in [0.1, 0.15) is 55.8 Å². The molecule has 1 fully saturated rings. The largest absolute Gasteiger partial charge is 0.507 e. The van der Waals surface area contributed by atoms with Crippen molar-refractivity contribution in [3.8, 4) is 17.2 Å². The SMILES string of the molecule is CCOc1cccc2c1OC1(CCN(CC)CC1)N1N=C(c3cc(C)ccc3O)CC21. The van der Waals surface area contributed by atoms with Gasteiger partial charge in [0.2, 0.25) is 5.72 Å². The highest BCUT2D eigenvalue weighted by atomic mass is 16.6. The van der Waals surface area contributed by atoms with Gasteiger partial charge in [-0.05, 0) is 38.6 Å². The molecule has 3 aliphatic rings. The zero-order valence-electron chi connectivity index (χ0n) is 18.6. The molecule has 0 aliphatic carbocycles. The number of fused-ring (bicyclic) bond motifs is 4. The van der Waals surface area contributed by atoms with Gasteiger partial charge in [0.05, 0.1) is 18.4 Å². The van der Waals surface area contributed by atoms with Crippen molar-refractivity contribution in [3.63, 3.8) is 0 Å². The normalized spacial score (nSPS) is 22.0. The monoisotopic (exact) mass is 421 g/mol. The molecule has 31 heavy (non-hydrogen) atoms. The lowest BCUT2D eigenvalue weighted by molar-refractivity contribution is -0.150. The molecule has 1 N–H and O–H groups in total. The number of phenols is 1. The fourth-order valence-electron chi connectivity index (χ4n) is 5.13. The summed E-state index contributed by atoms with van der Waals surface area (Å²) in [6.07, 6.45) is 2.50. The van der Waals surface area contributed by atoms with Crippen LogP contribution < -0.4 is 9.47 Å². The second kappa shape index (κ2) is 7.75. The number of likely N-dealkylation sites (tertiary alicyclic amines) is 1. The van der Waals surface area contributed by atoms with Gasteiger partial charge in [-0.25, -0.2) is 5.01 Å². The van der Waals surface area contributed by atoms with Crippen LogP contribution in [-0.2, 0) is 0 Å². The number of hydrazone groups is 1. The van der Waals surface area contributed by atoms with Gasteiger partial charge in [-0.3, -0.25) is 0 Å². The van der Waals surface area contributed by atoms with Crippen molar-refractivity contribution in [1.29, 1.82) is 0 Å². The van der Waals surface area contributed by atoms with Crippen molar-refractivity contribution in [1.82, 2.24) is 9.91 Å². The van der Waals surface area contributed by atoms with Gasteiger partial charge in [0.1, 0.15) is 5.75 Å². The molecule has 1 atom stereocenters. The number of hydrogen-bond donors (Lipinski definition) is 1. The Morgan fingerprint density at radius 2 is 2.00 bits per heavy atom. The van der Waals surface area contributed by atoms with E-state index < -0.39 is 5.72 Å². The molecule has 6 nitrogen and oxygen atoms in total. The molecule has 5 rings (SSSR count). The molecule has 0 saturated carbocycles.